The molecule has 4 amide bonds. The van der Waals surface area contributed by atoms with Gasteiger partial charge in [0, 0.05) is 50.6 Å². The number of hydrogen-bond acceptors (Lipinski definition) is 7. The number of sulfone groups is 1. The number of para-hydroxylation sites is 1. The van der Waals surface area contributed by atoms with Gasteiger partial charge in [-0.15, -0.1) is 0 Å². The minimum Gasteiger partial charge on any atom is -0.351 e. The molecule has 0 saturated carbocycles. The van der Waals surface area contributed by atoms with E-state index in [4.69, 9.17) is 28.2 Å². The number of halogens is 2. The molecule has 2 N–H and O–H groups in total. The zero-order chi connectivity index (χ0) is 36.7. The molecule has 14 heteroatoms. The highest BCUT2D eigenvalue weighted by Crippen LogP contribution is 2.28. The predicted octanol–water partition coefficient (Wildman–Crippen LogP) is 4.21. The lowest BCUT2D eigenvalue weighted by Crippen LogP contribution is -2.52. The van der Waals surface area contributed by atoms with Gasteiger partial charge in [-0.2, -0.15) is 0 Å². The quantitative estimate of drug-likeness (QED) is 0.400. The van der Waals surface area contributed by atoms with Gasteiger partial charge < -0.3 is 20.4 Å². The van der Waals surface area contributed by atoms with Crippen LogP contribution in [0.15, 0.2) is 76.6 Å². The number of hydrogen-bond donors (Lipinski definition) is 2. The van der Waals surface area contributed by atoms with Crippen LogP contribution in [-0.4, -0.2) is 87.7 Å². The van der Waals surface area contributed by atoms with Crippen molar-refractivity contribution in [3.8, 4) is 0 Å². The Kier molecular flexibility index (Phi) is 12.5. The van der Waals surface area contributed by atoms with E-state index in [0.29, 0.717) is 54.4 Å². The van der Waals surface area contributed by atoms with Crippen molar-refractivity contribution in [2.24, 2.45) is 4.99 Å². The molecule has 5 rings (SSSR count). The van der Waals surface area contributed by atoms with Gasteiger partial charge in [-0.05, 0) is 79.1 Å². The van der Waals surface area contributed by atoms with Crippen molar-refractivity contribution >= 4 is 68.6 Å². The maximum atomic E-state index is 14.1. The second-order valence-electron chi connectivity index (χ2n) is 13.0. The van der Waals surface area contributed by atoms with Crippen molar-refractivity contribution in [3.63, 3.8) is 0 Å². The van der Waals surface area contributed by atoms with E-state index in [-0.39, 0.29) is 36.1 Å². The number of amides is 4. The Bertz CT molecular complexity index is 1920. The minimum atomic E-state index is -3.37. The summed E-state index contributed by atoms with van der Waals surface area (Å²) >= 11 is 12.4. The zero-order valence-electron chi connectivity index (χ0n) is 28.5. The Morgan fingerprint density at radius 2 is 1.59 bits per heavy atom. The van der Waals surface area contributed by atoms with Gasteiger partial charge in [0.15, 0.2) is 9.84 Å². The van der Waals surface area contributed by atoms with Crippen LogP contribution in [0.2, 0.25) is 10.0 Å². The number of nitrogens with one attached hydrogen (secondary N) is 2. The molecule has 2 aliphatic rings. The second-order valence-corrected chi connectivity index (χ2v) is 15.9. The molecule has 0 fully saturated rings. The largest absolute Gasteiger partial charge is 0.351 e. The Hall–Kier alpha value is -4.26. The minimum absolute atomic E-state index is 0.00502. The van der Waals surface area contributed by atoms with Gasteiger partial charge in [-0.25, -0.2) is 8.42 Å². The number of fused-ring (bicyclic) bond motifs is 4. The van der Waals surface area contributed by atoms with Crippen molar-refractivity contribution in [1.82, 2.24) is 15.5 Å². The van der Waals surface area contributed by atoms with Crippen molar-refractivity contribution in [1.29, 1.82) is 0 Å². The standard InChI is InChI=1S/C37H41Cl2N5O6S/c1-43-17-5-16-40-27(18-24-8-12-29(13-9-24)51(2,49)50)21-34(45)42-32-15-11-26-6-3-4-7-33(26)44(37(32)48)23-35(46)41-28(22-36(43)47)19-25-10-14-30(38)31(39)20-25/h3-4,6-10,12-14,16,20,27-28,32H,5,11,15,17-19,21-23H2,1-2H3,(H,41,46)(H,42,45)/t27-,28+,32-/m0/s1. The van der Waals surface area contributed by atoms with Gasteiger partial charge in [0.25, 0.3) is 0 Å². The van der Waals surface area contributed by atoms with E-state index in [0.717, 1.165) is 22.9 Å². The van der Waals surface area contributed by atoms with Crippen LogP contribution in [0.5, 0.6) is 0 Å². The fourth-order valence-electron chi connectivity index (χ4n) is 6.31. The second kappa shape index (κ2) is 16.8. The number of benzene rings is 3. The van der Waals surface area contributed by atoms with E-state index in [9.17, 15) is 27.6 Å². The van der Waals surface area contributed by atoms with Gasteiger partial charge in [0.1, 0.15) is 12.6 Å². The lowest BCUT2D eigenvalue weighted by Gasteiger charge is -2.28. The molecule has 0 unspecified atom stereocenters. The van der Waals surface area contributed by atoms with Crippen LogP contribution in [0.4, 0.5) is 5.69 Å². The summed E-state index contributed by atoms with van der Waals surface area (Å²) in [6.45, 7) is 0.0272. The van der Waals surface area contributed by atoms with E-state index in [1.165, 1.54) is 17.0 Å². The van der Waals surface area contributed by atoms with Crippen LogP contribution in [-0.2, 0) is 48.3 Å². The average Bonchev–Trinajstić information content (AvgIpc) is 3.20. The summed E-state index contributed by atoms with van der Waals surface area (Å²) in [5, 5.41) is 6.63. The van der Waals surface area contributed by atoms with E-state index < -0.39 is 39.8 Å². The third-order valence-corrected chi connectivity index (χ3v) is 10.9. The summed E-state index contributed by atoms with van der Waals surface area (Å²) in [6.07, 6.45) is 4.66. The smallest absolute Gasteiger partial charge is 0.250 e. The molecule has 0 saturated heterocycles. The normalized spacial score (nSPS) is 21.2. The van der Waals surface area contributed by atoms with Gasteiger partial charge in [0.2, 0.25) is 23.6 Å². The fourth-order valence-corrected chi connectivity index (χ4v) is 7.26. The van der Waals surface area contributed by atoms with Gasteiger partial charge in [0.05, 0.1) is 21.0 Å². The Morgan fingerprint density at radius 1 is 0.863 bits per heavy atom. The predicted molar refractivity (Wildman–Crippen MR) is 198 cm³/mol. The molecular weight excluding hydrogens is 713 g/mol. The molecule has 2 bridgehead atoms. The molecule has 0 aromatic heterocycles. The van der Waals surface area contributed by atoms with E-state index >= 15 is 0 Å². The number of anilines is 1. The van der Waals surface area contributed by atoms with Crippen molar-refractivity contribution in [2.75, 3.05) is 31.3 Å². The highest BCUT2D eigenvalue weighted by atomic mass is 35.5. The molecule has 0 radical (unpaired) electrons. The molecule has 0 aliphatic carbocycles. The third kappa shape index (κ3) is 10.4. The first-order valence-electron chi connectivity index (χ1n) is 16.7. The Morgan fingerprint density at radius 3 is 2.31 bits per heavy atom. The number of nitrogens with zero attached hydrogens (tertiary/aromatic N) is 3. The molecular formula is C37H41Cl2N5O6S. The van der Waals surface area contributed by atoms with E-state index in [1.54, 1.807) is 60.6 Å². The highest BCUT2D eigenvalue weighted by molar-refractivity contribution is 7.90. The lowest BCUT2D eigenvalue weighted by atomic mass is 10.0. The number of aliphatic imine (C=N–C) groups is 1. The summed E-state index contributed by atoms with van der Waals surface area (Å²) in [5.41, 5.74) is 3.01. The number of rotatable bonds is 5. The summed E-state index contributed by atoms with van der Waals surface area (Å²) in [4.78, 5) is 62.6. The van der Waals surface area contributed by atoms with Crippen LogP contribution in [0.25, 0.3) is 0 Å². The number of carbonyl (C=O) groups excluding carboxylic acids is 4. The Balaban J connectivity index is 1.44. The topological polar surface area (TPSA) is 145 Å². The zero-order valence-corrected chi connectivity index (χ0v) is 30.8. The molecule has 11 nitrogen and oxygen atoms in total. The molecule has 51 heavy (non-hydrogen) atoms. The monoisotopic (exact) mass is 753 g/mol. The molecule has 3 aromatic carbocycles. The average molecular weight is 755 g/mol. The summed E-state index contributed by atoms with van der Waals surface area (Å²) < 4.78 is 23.9. The SMILES string of the molecule is CN1CCC=N[C@@H](Cc2ccc(S(C)(=O)=O)cc2)CC(=O)N[C@H]2CCc3ccccc3N(CC(=O)N[C@H](Cc3ccc(Cl)c(Cl)c3)CC1=O)C2=O. The number of carbonyl (C=O) groups is 4. The van der Waals surface area contributed by atoms with Gasteiger partial charge in [-0.1, -0.05) is 59.6 Å². The molecule has 2 aliphatic heterocycles. The number of aryl methyl sites for hydroxylation is 1. The molecule has 2 heterocycles. The molecule has 3 atom stereocenters. The summed E-state index contributed by atoms with van der Waals surface area (Å²) in [7, 11) is -1.70. The van der Waals surface area contributed by atoms with Crippen molar-refractivity contribution in [2.45, 2.75) is 68.0 Å². The van der Waals surface area contributed by atoms with Crippen LogP contribution in [0.3, 0.4) is 0 Å². The van der Waals surface area contributed by atoms with E-state index in [1.807, 2.05) is 12.1 Å². The molecule has 3 aromatic rings. The maximum absolute atomic E-state index is 14.1. The van der Waals surface area contributed by atoms with E-state index in [2.05, 4.69) is 10.6 Å². The van der Waals surface area contributed by atoms with Gasteiger partial charge in [-0.3, -0.25) is 24.2 Å². The highest BCUT2D eigenvalue weighted by Gasteiger charge is 2.33. The summed E-state index contributed by atoms with van der Waals surface area (Å²) in [5.74, 6) is -1.46. The van der Waals surface area contributed by atoms with Crippen LogP contribution in [0, 0.1) is 0 Å². The Labute approximate surface area is 308 Å². The first-order valence-corrected chi connectivity index (χ1v) is 19.4. The first-order chi connectivity index (χ1) is 24.3. The summed E-state index contributed by atoms with van der Waals surface area (Å²) in [6, 6.07) is 16.9. The van der Waals surface area contributed by atoms with Crippen LogP contribution < -0.4 is 15.5 Å². The van der Waals surface area contributed by atoms with Crippen LogP contribution in [0.1, 0.15) is 42.4 Å². The maximum Gasteiger partial charge on any atom is 0.250 e. The fraction of sp³-hybridized carbons (Fsp3) is 0.378. The van der Waals surface area contributed by atoms with Gasteiger partial charge >= 0.3 is 0 Å². The first kappa shape index (κ1) is 38.0. The van der Waals surface area contributed by atoms with Crippen molar-refractivity contribution < 1.29 is 27.6 Å². The molecule has 0 spiro atoms. The van der Waals surface area contributed by atoms with Crippen molar-refractivity contribution in [3.05, 3.63) is 93.5 Å². The van der Waals surface area contributed by atoms with Crippen LogP contribution >= 0.6 is 23.2 Å². The molecule has 270 valence electrons. The lowest BCUT2D eigenvalue weighted by molar-refractivity contribution is -0.131. The third-order valence-electron chi connectivity index (χ3n) is 9.02.